The van der Waals surface area contributed by atoms with Crippen molar-refractivity contribution in [2.45, 2.75) is 6.10 Å². The van der Waals surface area contributed by atoms with E-state index in [1.807, 2.05) is 0 Å². The maximum absolute atomic E-state index is 12.0. The second-order valence-corrected chi connectivity index (χ2v) is 4.70. The first-order valence-corrected chi connectivity index (χ1v) is 6.38. The van der Waals surface area contributed by atoms with Gasteiger partial charge in [0.2, 0.25) is 5.71 Å². The fourth-order valence-electron chi connectivity index (χ4n) is 1.90. The van der Waals surface area contributed by atoms with Crippen LogP contribution in [0.5, 0.6) is 0 Å². The Kier molecular flexibility index (Phi) is 4.13. The van der Waals surface area contributed by atoms with Gasteiger partial charge in [-0.3, -0.25) is 4.79 Å². The smallest absolute Gasteiger partial charge is 0.378 e. The number of urea groups is 1. The molecular weight excluding hydrogens is 288 g/mol. The normalized spacial score (nSPS) is 18.9. The number of benzene rings is 1. The summed E-state index contributed by atoms with van der Waals surface area (Å²) in [5, 5.41) is 9.96. The summed E-state index contributed by atoms with van der Waals surface area (Å²) in [5.41, 5.74) is 5.64. The number of nitrogens with two attached hydrogens (primary N) is 1. The third-order valence-corrected chi connectivity index (χ3v) is 3.26. The maximum atomic E-state index is 12.0. The number of aliphatic imine (C=N–C) groups is 1. The van der Waals surface area contributed by atoms with Crippen LogP contribution in [0, 0.1) is 0 Å². The van der Waals surface area contributed by atoms with Crippen LogP contribution in [0.3, 0.4) is 0 Å². The molecule has 1 aliphatic heterocycles. The lowest BCUT2D eigenvalue weighted by molar-refractivity contribution is -0.401. The van der Waals surface area contributed by atoms with Gasteiger partial charge < -0.3 is 10.8 Å². The number of carbonyl (C=O) groups excluding carboxylic acids is 3. The minimum atomic E-state index is -1.51. The molecule has 1 aliphatic rings. The minimum Gasteiger partial charge on any atom is -0.378 e. The molecule has 1 aromatic carbocycles. The molecule has 0 saturated carbocycles. The van der Waals surface area contributed by atoms with Crippen molar-refractivity contribution in [2.24, 2.45) is 10.7 Å². The molecule has 8 heteroatoms. The molecule has 0 aromatic heterocycles. The number of nitrogens with zero attached hydrogens (tertiary/aromatic N) is 3. The van der Waals surface area contributed by atoms with Gasteiger partial charge in [0.05, 0.1) is 14.1 Å². The van der Waals surface area contributed by atoms with Crippen LogP contribution in [0.1, 0.15) is 11.7 Å². The average Bonchev–Trinajstić information content (AvgIpc) is 2.55. The molecule has 1 aromatic rings. The van der Waals surface area contributed by atoms with Gasteiger partial charge in [0, 0.05) is 0 Å². The average molecular weight is 303 g/mol. The van der Waals surface area contributed by atoms with Crippen molar-refractivity contribution in [1.29, 1.82) is 0 Å². The van der Waals surface area contributed by atoms with E-state index in [0.717, 1.165) is 9.48 Å². The van der Waals surface area contributed by atoms with Gasteiger partial charge >= 0.3 is 11.9 Å². The van der Waals surface area contributed by atoms with Crippen LogP contribution >= 0.6 is 0 Å². The van der Waals surface area contributed by atoms with Gasteiger partial charge in [0.1, 0.15) is 0 Å². The zero-order valence-corrected chi connectivity index (χ0v) is 12.1. The number of hydrogen-bond acceptors (Lipinski definition) is 5. The van der Waals surface area contributed by atoms with Crippen LogP contribution in [0.15, 0.2) is 35.3 Å². The van der Waals surface area contributed by atoms with Crippen LogP contribution in [-0.2, 0) is 9.59 Å². The van der Waals surface area contributed by atoms with Crippen LogP contribution < -0.4 is 5.73 Å². The van der Waals surface area contributed by atoms with E-state index in [9.17, 15) is 19.5 Å². The van der Waals surface area contributed by atoms with Crippen molar-refractivity contribution >= 4 is 29.4 Å². The van der Waals surface area contributed by atoms with Crippen LogP contribution in [0.4, 0.5) is 4.79 Å². The lowest BCUT2D eigenvalue weighted by Crippen LogP contribution is -2.55. The summed E-state index contributed by atoms with van der Waals surface area (Å²) >= 11 is 0. The van der Waals surface area contributed by atoms with Crippen molar-refractivity contribution in [2.75, 3.05) is 14.1 Å². The Bertz CT molecular complexity index is 709. The summed E-state index contributed by atoms with van der Waals surface area (Å²) in [7, 11) is 2.61. The molecule has 8 nitrogen and oxygen atoms in total. The Morgan fingerprint density at radius 1 is 1.32 bits per heavy atom. The van der Waals surface area contributed by atoms with E-state index in [1.165, 1.54) is 14.1 Å². The van der Waals surface area contributed by atoms with Crippen molar-refractivity contribution in [1.82, 2.24) is 4.90 Å². The third kappa shape index (κ3) is 2.63. The zero-order chi connectivity index (χ0) is 16.4. The highest BCUT2D eigenvalue weighted by atomic mass is 16.3. The summed E-state index contributed by atoms with van der Waals surface area (Å²) in [4.78, 5) is 40.1. The number of hydrogen-bond donors (Lipinski definition) is 2. The summed E-state index contributed by atoms with van der Waals surface area (Å²) < 4.78 is 1.00. The van der Waals surface area contributed by atoms with Gasteiger partial charge in [-0.1, -0.05) is 30.3 Å². The lowest BCUT2D eigenvalue weighted by Gasteiger charge is -2.18. The number of imide groups is 1. The molecule has 1 atom stereocenters. The van der Waals surface area contributed by atoms with E-state index in [-0.39, 0.29) is 11.5 Å². The van der Waals surface area contributed by atoms with Crippen molar-refractivity contribution in [3.8, 4) is 0 Å². The molecule has 1 unspecified atom stereocenters. The number of carbonyl (C=O) groups is 3. The first kappa shape index (κ1) is 15.5. The molecule has 0 saturated heterocycles. The fraction of sp³-hybridized carbons (Fsp3) is 0.214. The predicted octanol–water partition coefficient (Wildman–Crippen LogP) is -0.721. The van der Waals surface area contributed by atoms with Gasteiger partial charge in [0.25, 0.3) is 11.7 Å². The SMILES string of the molecule is CN1C(=O)C(=NC(=O)C(O)c2ccccc2)C(N)=[N+](C)C1=O. The maximum Gasteiger partial charge on any atom is 0.445 e. The molecule has 114 valence electrons. The highest BCUT2D eigenvalue weighted by Crippen LogP contribution is 2.14. The van der Waals surface area contributed by atoms with Gasteiger partial charge in [-0.25, -0.2) is 9.59 Å². The Morgan fingerprint density at radius 2 is 1.91 bits per heavy atom. The van der Waals surface area contributed by atoms with Gasteiger partial charge in [-0.05, 0) is 5.56 Å². The predicted molar refractivity (Wildman–Crippen MR) is 77.4 cm³/mol. The number of amides is 4. The van der Waals surface area contributed by atoms with Gasteiger partial charge in [-0.2, -0.15) is 14.5 Å². The fourth-order valence-corrected chi connectivity index (χ4v) is 1.90. The van der Waals surface area contributed by atoms with Crippen molar-refractivity contribution in [3.63, 3.8) is 0 Å². The Labute approximate surface area is 126 Å². The van der Waals surface area contributed by atoms with Gasteiger partial charge in [-0.15, -0.1) is 0 Å². The molecule has 3 N–H and O–H groups in total. The molecule has 0 bridgehead atoms. The van der Waals surface area contributed by atoms with E-state index in [2.05, 4.69) is 4.99 Å². The Morgan fingerprint density at radius 3 is 2.50 bits per heavy atom. The van der Waals surface area contributed by atoms with E-state index in [1.54, 1.807) is 30.3 Å². The largest absolute Gasteiger partial charge is 0.445 e. The van der Waals surface area contributed by atoms with Crippen molar-refractivity contribution in [3.05, 3.63) is 35.9 Å². The van der Waals surface area contributed by atoms with Crippen LogP contribution in [0.2, 0.25) is 0 Å². The van der Waals surface area contributed by atoms with E-state index < -0.39 is 23.9 Å². The second-order valence-electron chi connectivity index (χ2n) is 4.70. The molecule has 0 spiro atoms. The molecule has 1 heterocycles. The van der Waals surface area contributed by atoms with E-state index >= 15 is 0 Å². The monoisotopic (exact) mass is 303 g/mol. The molecular formula is C14H15N4O4+. The number of rotatable bonds is 2. The Balaban J connectivity index is 2.37. The first-order valence-electron chi connectivity index (χ1n) is 6.38. The minimum absolute atomic E-state index is 0.235. The summed E-state index contributed by atoms with van der Waals surface area (Å²) in [6.07, 6.45) is -1.51. The highest BCUT2D eigenvalue weighted by Gasteiger charge is 2.40. The lowest BCUT2D eigenvalue weighted by atomic mass is 10.1. The molecule has 0 aliphatic carbocycles. The number of amidine groups is 1. The standard InChI is InChI=1S/C14H14N4O4/c1-17-11(15)9(13(21)18(2)14(17)22)16-12(20)10(19)8-6-4-3-5-7-8/h3-7,10,15,19H,1-2H3/p+1. The topological polar surface area (TPSA) is 116 Å². The summed E-state index contributed by atoms with van der Waals surface area (Å²) in [6, 6.07) is 7.54. The van der Waals surface area contributed by atoms with Crippen LogP contribution in [0.25, 0.3) is 0 Å². The van der Waals surface area contributed by atoms with Crippen LogP contribution in [-0.4, -0.2) is 58.1 Å². The van der Waals surface area contributed by atoms with Gasteiger partial charge in [0.15, 0.2) is 6.10 Å². The second kappa shape index (κ2) is 5.86. The number of aliphatic hydroxyl groups is 1. The van der Waals surface area contributed by atoms with E-state index in [4.69, 9.17) is 5.73 Å². The molecule has 0 radical (unpaired) electrons. The number of aliphatic hydroxyl groups excluding tert-OH is 1. The van der Waals surface area contributed by atoms with E-state index in [0.29, 0.717) is 5.56 Å². The first-order chi connectivity index (χ1) is 10.3. The Hall–Kier alpha value is -2.87. The van der Waals surface area contributed by atoms with Crippen molar-refractivity contribution < 1.29 is 24.1 Å². The molecule has 0 fully saturated rings. The highest BCUT2D eigenvalue weighted by molar-refractivity contribution is 6.67. The summed E-state index contributed by atoms with van der Waals surface area (Å²) in [6.45, 7) is 0. The molecule has 4 amide bonds. The summed E-state index contributed by atoms with van der Waals surface area (Å²) in [5.74, 6) is -1.97. The molecule has 2 rings (SSSR count). The zero-order valence-electron chi connectivity index (χ0n) is 12.1. The molecule has 22 heavy (non-hydrogen) atoms. The quantitative estimate of drug-likeness (QED) is 0.699. The third-order valence-electron chi connectivity index (χ3n) is 3.26.